The third-order valence-corrected chi connectivity index (χ3v) is 4.60. The highest BCUT2D eigenvalue weighted by Gasteiger charge is 2.11. The van der Waals surface area contributed by atoms with Crippen molar-refractivity contribution >= 4 is 28.7 Å². The number of aromatic nitrogens is 3. The van der Waals surface area contributed by atoms with Crippen molar-refractivity contribution in [1.29, 1.82) is 0 Å². The predicted octanol–water partition coefficient (Wildman–Crippen LogP) is 3.98. The van der Waals surface area contributed by atoms with Gasteiger partial charge in [-0.25, -0.2) is 9.97 Å². The number of hydrogen-bond acceptors (Lipinski definition) is 5. The Morgan fingerprint density at radius 3 is 2.63 bits per heavy atom. The maximum Gasteiger partial charge on any atom is 0.241 e. The number of H-pyrrole nitrogens is 1. The molecule has 0 spiro atoms. The van der Waals surface area contributed by atoms with Gasteiger partial charge < -0.3 is 20.4 Å². The Balaban J connectivity index is 1.64. The van der Waals surface area contributed by atoms with Gasteiger partial charge in [0.15, 0.2) is 0 Å². The highest BCUT2D eigenvalue weighted by molar-refractivity contribution is 5.90. The van der Waals surface area contributed by atoms with E-state index in [0.29, 0.717) is 17.3 Å². The lowest BCUT2D eigenvalue weighted by Gasteiger charge is -2.12. The van der Waals surface area contributed by atoms with Crippen molar-refractivity contribution in [3.05, 3.63) is 72.6 Å². The van der Waals surface area contributed by atoms with Crippen molar-refractivity contribution < 1.29 is 9.53 Å². The molecule has 0 fully saturated rings. The number of aromatic amines is 1. The summed E-state index contributed by atoms with van der Waals surface area (Å²) in [4.78, 5) is 24.9. The number of anilines is 1. The number of nitrogens with zero attached hydrogens (tertiary/aromatic N) is 3. The second kappa shape index (κ2) is 8.08. The number of hydrogen-bond donors (Lipinski definition) is 2. The van der Waals surface area contributed by atoms with Crippen LogP contribution in [0, 0.1) is 0 Å². The molecule has 2 heterocycles. The first-order chi connectivity index (χ1) is 14.5. The number of rotatable bonds is 6. The molecule has 0 aliphatic heterocycles. The van der Waals surface area contributed by atoms with Gasteiger partial charge in [0.1, 0.15) is 17.7 Å². The topological polar surface area (TPSA) is 97.1 Å². The van der Waals surface area contributed by atoms with Gasteiger partial charge in [0.25, 0.3) is 0 Å². The lowest BCUT2D eigenvalue weighted by Crippen LogP contribution is -2.07. The molecule has 0 atom stereocenters. The summed E-state index contributed by atoms with van der Waals surface area (Å²) >= 11 is 0. The fourth-order valence-corrected chi connectivity index (χ4v) is 3.06. The van der Waals surface area contributed by atoms with Crippen molar-refractivity contribution in [3.63, 3.8) is 0 Å². The normalized spacial score (nSPS) is 11.1. The SMILES string of the molecule is CN(C)c1ccc(-c2cc3c(Oc4cccc(C=CC(N)=O)c4)ncnc3[nH]2)cc1. The van der Waals surface area contributed by atoms with Crippen molar-refractivity contribution in [2.45, 2.75) is 0 Å². The molecule has 2 aromatic carbocycles. The summed E-state index contributed by atoms with van der Waals surface area (Å²) in [5, 5.41) is 0.780. The smallest absolute Gasteiger partial charge is 0.241 e. The van der Waals surface area contributed by atoms with E-state index in [4.69, 9.17) is 10.5 Å². The first-order valence-electron chi connectivity index (χ1n) is 9.36. The number of nitrogens with two attached hydrogens (primary N) is 1. The molecule has 30 heavy (non-hydrogen) atoms. The number of primary amides is 1. The maximum absolute atomic E-state index is 10.9. The van der Waals surface area contributed by atoms with Crippen molar-refractivity contribution in [2.24, 2.45) is 5.73 Å². The number of amides is 1. The van der Waals surface area contributed by atoms with E-state index < -0.39 is 5.91 Å². The van der Waals surface area contributed by atoms with E-state index in [1.807, 2.05) is 38.4 Å². The predicted molar refractivity (Wildman–Crippen MR) is 118 cm³/mol. The number of carbonyl (C=O) groups is 1. The molecule has 0 saturated heterocycles. The summed E-state index contributed by atoms with van der Waals surface area (Å²) in [7, 11) is 4.02. The van der Waals surface area contributed by atoms with Gasteiger partial charge in [-0.1, -0.05) is 24.3 Å². The van der Waals surface area contributed by atoms with Crippen LogP contribution >= 0.6 is 0 Å². The Labute approximate surface area is 173 Å². The minimum Gasteiger partial charge on any atom is -0.438 e. The number of fused-ring (bicyclic) bond motifs is 1. The Kier molecular flexibility index (Phi) is 5.17. The van der Waals surface area contributed by atoms with Crippen molar-refractivity contribution in [1.82, 2.24) is 15.0 Å². The van der Waals surface area contributed by atoms with E-state index >= 15 is 0 Å². The lowest BCUT2D eigenvalue weighted by atomic mass is 10.1. The molecule has 0 unspecified atom stereocenters. The van der Waals surface area contributed by atoms with Gasteiger partial charge >= 0.3 is 0 Å². The van der Waals surface area contributed by atoms with Gasteiger partial charge in [0.2, 0.25) is 11.8 Å². The van der Waals surface area contributed by atoms with Crippen molar-refractivity contribution in [3.8, 4) is 22.9 Å². The van der Waals surface area contributed by atoms with Crippen LogP contribution in [-0.4, -0.2) is 35.0 Å². The van der Waals surface area contributed by atoms with E-state index in [0.717, 1.165) is 27.9 Å². The van der Waals surface area contributed by atoms with Gasteiger partial charge in [-0.15, -0.1) is 0 Å². The number of benzene rings is 2. The molecule has 0 aliphatic rings. The first-order valence-corrected chi connectivity index (χ1v) is 9.36. The van der Waals surface area contributed by atoms with Crippen LogP contribution in [0.4, 0.5) is 5.69 Å². The van der Waals surface area contributed by atoms with E-state index in [9.17, 15) is 4.79 Å². The Hall–Kier alpha value is -4.13. The van der Waals surface area contributed by atoms with Crippen LogP contribution in [0.1, 0.15) is 5.56 Å². The van der Waals surface area contributed by atoms with E-state index in [1.165, 1.54) is 12.4 Å². The number of ether oxygens (including phenoxy) is 1. The van der Waals surface area contributed by atoms with Gasteiger partial charge in [-0.2, -0.15) is 0 Å². The van der Waals surface area contributed by atoms with Crippen LogP contribution < -0.4 is 15.4 Å². The maximum atomic E-state index is 10.9. The summed E-state index contributed by atoms with van der Waals surface area (Å²) in [5.74, 6) is 0.542. The molecule has 2 aromatic heterocycles. The van der Waals surface area contributed by atoms with E-state index in [1.54, 1.807) is 12.1 Å². The fourth-order valence-electron chi connectivity index (χ4n) is 3.06. The third-order valence-electron chi connectivity index (χ3n) is 4.60. The molecule has 3 N–H and O–H groups in total. The zero-order chi connectivity index (χ0) is 21.1. The van der Waals surface area contributed by atoms with Crippen LogP contribution in [0.3, 0.4) is 0 Å². The molecule has 0 aliphatic carbocycles. The van der Waals surface area contributed by atoms with Gasteiger partial charge in [0, 0.05) is 31.6 Å². The van der Waals surface area contributed by atoms with Crippen LogP contribution in [0.5, 0.6) is 11.6 Å². The molecule has 0 radical (unpaired) electrons. The largest absolute Gasteiger partial charge is 0.438 e. The highest BCUT2D eigenvalue weighted by Crippen LogP contribution is 2.31. The Morgan fingerprint density at radius 1 is 1.10 bits per heavy atom. The average molecular weight is 399 g/mol. The van der Waals surface area contributed by atoms with E-state index in [-0.39, 0.29) is 0 Å². The quantitative estimate of drug-likeness (QED) is 0.478. The van der Waals surface area contributed by atoms with Crippen LogP contribution in [0.2, 0.25) is 0 Å². The highest BCUT2D eigenvalue weighted by atomic mass is 16.5. The Morgan fingerprint density at radius 2 is 1.90 bits per heavy atom. The molecule has 0 saturated carbocycles. The first kappa shape index (κ1) is 19.2. The zero-order valence-electron chi connectivity index (χ0n) is 16.7. The summed E-state index contributed by atoms with van der Waals surface area (Å²) < 4.78 is 6.01. The summed E-state index contributed by atoms with van der Waals surface area (Å²) in [6.45, 7) is 0. The Bertz CT molecular complexity index is 1230. The lowest BCUT2D eigenvalue weighted by molar-refractivity contribution is -0.113. The van der Waals surface area contributed by atoms with Crippen LogP contribution in [0.15, 0.2) is 67.0 Å². The third kappa shape index (κ3) is 4.15. The molecule has 7 heteroatoms. The molecule has 150 valence electrons. The second-order valence-corrected chi connectivity index (χ2v) is 6.98. The standard InChI is InChI=1S/C23H21N5O2/c1-28(2)17-9-7-16(8-10-17)20-13-19-22(27-20)25-14-26-23(19)30-18-5-3-4-15(12-18)6-11-21(24)29/h3-14H,1-2H3,(H2,24,29)(H,25,26,27). The zero-order valence-corrected chi connectivity index (χ0v) is 16.7. The summed E-state index contributed by atoms with van der Waals surface area (Å²) in [6.07, 6.45) is 4.41. The minimum absolute atomic E-state index is 0.448. The molecule has 4 rings (SSSR count). The van der Waals surface area contributed by atoms with E-state index in [2.05, 4.69) is 44.1 Å². The van der Waals surface area contributed by atoms with Crippen molar-refractivity contribution in [2.75, 3.05) is 19.0 Å². The van der Waals surface area contributed by atoms with Crippen LogP contribution in [0.25, 0.3) is 28.4 Å². The number of nitrogens with one attached hydrogen (secondary N) is 1. The molecular weight excluding hydrogens is 378 g/mol. The van der Waals surface area contributed by atoms with Gasteiger partial charge in [0.05, 0.1) is 5.39 Å². The molecule has 0 bridgehead atoms. The fraction of sp³-hybridized carbons (Fsp3) is 0.0870. The second-order valence-electron chi connectivity index (χ2n) is 6.98. The number of carbonyl (C=O) groups excluding carboxylic acids is 1. The summed E-state index contributed by atoms with van der Waals surface area (Å²) in [5.41, 5.74) is 9.75. The van der Waals surface area contributed by atoms with Gasteiger partial charge in [-0.3, -0.25) is 4.79 Å². The minimum atomic E-state index is -0.503. The van der Waals surface area contributed by atoms with Crippen LogP contribution in [-0.2, 0) is 4.79 Å². The molecule has 4 aromatic rings. The summed E-state index contributed by atoms with van der Waals surface area (Å²) in [6, 6.07) is 17.5. The molecule has 7 nitrogen and oxygen atoms in total. The average Bonchev–Trinajstić information content (AvgIpc) is 3.18. The monoisotopic (exact) mass is 399 g/mol. The van der Waals surface area contributed by atoms with Gasteiger partial charge in [-0.05, 0) is 47.5 Å². The molecule has 1 amide bonds. The molecular formula is C23H21N5O2.